The van der Waals surface area contributed by atoms with E-state index in [1.54, 1.807) is 30.2 Å². The minimum absolute atomic E-state index is 0.0985. The van der Waals surface area contributed by atoms with Crippen molar-refractivity contribution in [3.63, 3.8) is 0 Å². The van der Waals surface area contributed by atoms with Gasteiger partial charge in [0.2, 0.25) is 0 Å². The Morgan fingerprint density at radius 1 is 1.46 bits per heavy atom. The van der Waals surface area contributed by atoms with Crippen molar-refractivity contribution in [3.8, 4) is 5.75 Å². The fraction of sp³-hybridized carbons (Fsp3) is 0.111. The normalized spacial score (nSPS) is 10.5. The number of rotatable bonds is 1. The number of nitrogens with two attached hydrogens (primary N) is 1. The number of hydrogen-bond donors (Lipinski definition) is 2. The van der Waals surface area contributed by atoms with Gasteiger partial charge >= 0.3 is 0 Å². The highest BCUT2D eigenvalue weighted by molar-refractivity contribution is 5.85. The lowest BCUT2D eigenvalue weighted by molar-refractivity contribution is 0.179. The fourth-order valence-corrected chi connectivity index (χ4v) is 1.32. The van der Waals surface area contributed by atoms with Crippen LogP contribution in [0, 0.1) is 0 Å². The molecule has 1 aromatic carbocycles. The van der Waals surface area contributed by atoms with Crippen LogP contribution in [-0.2, 0) is 0 Å². The second-order valence-corrected chi connectivity index (χ2v) is 2.79. The lowest BCUT2D eigenvalue weighted by Gasteiger charge is -2.03. The van der Waals surface area contributed by atoms with Gasteiger partial charge in [-0.1, -0.05) is 0 Å². The SMILES string of the molecule is COn1ccc2cc(O)c(N)cc21. The van der Waals surface area contributed by atoms with E-state index >= 15 is 0 Å². The van der Waals surface area contributed by atoms with Gasteiger partial charge in [0, 0.05) is 11.6 Å². The second kappa shape index (κ2) is 2.58. The van der Waals surface area contributed by atoms with Gasteiger partial charge in [-0.05, 0) is 18.2 Å². The number of phenols is 1. The molecule has 1 aromatic heterocycles. The van der Waals surface area contributed by atoms with E-state index in [-0.39, 0.29) is 5.75 Å². The largest absolute Gasteiger partial charge is 0.506 e. The Morgan fingerprint density at radius 3 is 2.92 bits per heavy atom. The van der Waals surface area contributed by atoms with Gasteiger partial charge in [0.1, 0.15) is 12.9 Å². The van der Waals surface area contributed by atoms with E-state index in [4.69, 9.17) is 10.6 Å². The summed E-state index contributed by atoms with van der Waals surface area (Å²) in [5.41, 5.74) is 6.75. The van der Waals surface area contributed by atoms with Gasteiger partial charge in [-0.15, -0.1) is 0 Å². The molecular formula is C9H10N2O2. The van der Waals surface area contributed by atoms with E-state index in [0.717, 1.165) is 10.9 Å². The van der Waals surface area contributed by atoms with Crippen molar-refractivity contribution in [2.75, 3.05) is 12.8 Å². The molecule has 4 nitrogen and oxygen atoms in total. The molecular weight excluding hydrogens is 168 g/mol. The van der Waals surface area contributed by atoms with Crippen LogP contribution in [0.25, 0.3) is 10.9 Å². The lowest BCUT2D eigenvalue weighted by Crippen LogP contribution is -2.02. The van der Waals surface area contributed by atoms with Gasteiger partial charge in [-0.2, -0.15) is 4.73 Å². The van der Waals surface area contributed by atoms with Gasteiger partial charge in [-0.25, -0.2) is 0 Å². The molecule has 0 aliphatic heterocycles. The molecule has 0 spiro atoms. The van der Waals surface area contributed by atoms with E-state index in [1.165, 1.54) is 0 Å². The average molecular weight is 178 g/mol. The molecule has 2 rings (SSSR count). The number of nitrogens with zero attached hydrogens (tertiary/aromatic N) is 1. The maximum Gasteiger partial charge on any atom is 0.139 e. The maximum atomic E-state index is 9.32. The molecule has 1 heterocycles. The third-order valence-corrected chi connectivity index (χ3v) is 2.00. The Hall–Kier alpha value is -1.84. The van der Waals surface area contributed by atoms with Gasteiger partial charge in [-0.3, -0.25) is 0 Å². The van der Waals surface area contributed by atoms with Gasteiger partial charge in [0.05, 0.1) is 11.2 Å². The average Bonchev–Trinajstić information content (AvgIpc) is 2.48. The molecule has 2 aromatic rings. The molecule has 0 aliphatic carbocycles. The highest BCUT2D eigenvalue weighted by Crippen LogP contribution is 2.26. The molecule has 4 heteroatoms. The van der Waals surface area contributed by atoms with Crippen LogP contribution >= 0.6 is 0 Å². The van der Waals surface area contributed by atoms with Crippen LogP contribution in [0.4, 0.5) is 5.69 Å². The standard InChI is InChI=1S/C9H10N2O2/c1-13-11-3-2-6-4-9(12)7(10)5-8(6)11/h2-5,12H,10H2,1H3. The number of aromatic nitrogens is 1. The van der Waals surface area contributed by atoms with E-state index in [2.05, 4.69) is 0 Å². The number of benzene rings is 1. The van der Waals surface area contributed by atoms with Crippen molar-refractivity contribution < 1.29 is 9.94 Å². The quantitative estimate of drug-likeness (QED) is 0.505. The summed E-state index contributed by atoms with van der Waals surface area (Å²) in [4.78, 5) is 5.04. The van der Waals surface area contributed by atoms with Crippen molar-refractivity contribution in [1.29, 1.82) is 0 Å². The topological polar surface area (TPSA) is 60.4 Å². The Labute approximate surface area is 75.1 Å². The lowest BCUT2D eigenvalue weighted by atomic mass is 10.2. The summed E-state index contributed by atoms with van der Waals surface area (Å²) >= 11 is 0. The Bertz CT molecular complexity index is 448. The smallest absolute Gasteiger partial charge is 0.139 e. The van der Waals surface area contributed by atoms with Crippen LogP contribution in [-0.4, -0.2) is 16.9 Å². The zero-order valence-corrected chi connectivity index (χ0v) is 7.19. The Morgan fingerprint density at radius 2 is 2.23 bits per heavy atom. The fourth-order valence-electron chi connectivity index (χ4n) is 1.32. The predicted octanol–water partition coefficient (Wildman–Crippen LogP) is 0.988. The zero-order valence-electron chi connectivity index (χ0n) is 7.19. The molecule has 0 unspecified atom stereocenters. The zero-order chi connectivity index (χ0) is 9.42. The number of phenolic OH excluding ortho intramolecular Hbond substituents is 1. The number of aromatic hydroxyl groups is 1. The van der Waals surface area contributed by atoms with Crippen molar-refractivity contribution in [2.24, 2.45) is 0 Å². The maximum absolute atomic E-state index is 9.32. The van der Waals surface area contributed by atoms with Crippen LogP contribution < -0.4 is 10.6 Å². The van der Waals surface area contributed by atoms with E-state index in [0.29, 0.717) is 5.69 Å². The minimum Gasteiger partial charge on any atom is -0.506 e. The monoisotopic (exact) mass is 178 g/mol. The molecule has 0 amide bonds. The number of fused-ring (bicyclic) bond motifs is 1. The molecule has 3 N–H and O–H groups in total. The summed E-state index contributed by atoms with van der Waals surface area (Å²) < 4.78 is 1.59. The first-order valence-corrected chi connectivity index (χ1v) is 3.86. The minimum atomic E-state index is 0.0985. The van der Waals surface area contributed by atoms with E-state index in [9.17, 15) is 5.11 Å². The van der Waals surface area contributed by atoms with Gasteiger partial charge in [0.25, 0.3) is 0 Å². The van der Waals surface area contributed by atoms with Gasteiger partial charge < -0.3 is 15.7 Å². The molecule has 0 radical (unpaired) electrons. The summed E-state index contributed by atoms with van der Waals surface area (Å²) in [6, 6.07) is 5.13. The highest BCUT2D eigenvalue weighted by atomic mass is 16.6. The first-order valence-electron chi connectivity index (χ1n) is 3.86. The van der Waals surface area contributed by atoms with Crippen LogP contribution in [0.2, 0.25) is 0 Å². The van der Waals surface area contributed by atoms with Crippen LogP contribution in [0.5, 0.6) is 5.75 Å². The molecule has 13 heavy (non-hydrogen) atoms. The van der Waals surface area contributed by atoms with Crippen LogP contribution in [0.1, 0.15) is 0 Å². The second-order valence-electron chi connectivity index (χ2n) is 2.79. The van der Waals surface area contributed by atoms with Gasteiger partial charge in [0.15, 0.2) is 0 Å². The van der Waals surface area contributed by atoms with Crippen LogP contribution in [0.15, 0.2) is 24.4 Å². The molecule has 0 fully saturated rings. The van der Waals surface area contributed by atoms with Crippen molar-refractivity contribution >= 4 is 16.6 Å². The number of nitrogen functional groups attached to an aromatic ring is 1. The predicted molar refractivity (Wildman–Crippen MR) is 50.5 cm³/mol. The van der Waals surface area contributed by atoms with E-state index in [1.807, 2.05) is 6.07 Å². The Kier molecular flexibility index (Phi) is 1.55. The summed E-state index contributed by atoms with van der Waals surface area (Å²) in [6.45, 7) is 0. The molecule has 0 atom stereocenters. The van der Waals surface area contributed by atoms with Crippen LogP contribution in [0.3, 0.4) is 0 Å². The first-order chi connectivity index (χ1) is 6.22. The number of anilines is 1. The Balaban J connectivity index is 2.77. The molecule has 0 bridgehead atoms. The highest BCUT2D eigenvalue weighted by Gasteiger charge is 2.04. The summed E-state index contributed by atoms with van der Waals surface area (Å²) in [6.07, 6.45) is 1.77. The third-order valence-electron chi connectivity index (χ3n) is 2.00. The van der Waals surface area contributed by atoms with Crippen molar-refractivity contribution in [2.45, 2.75) is 0 Å². The van der Waals surface area contributed by atoms with Crippen molar-refractivity contribution in [3.05, 3.63) is 24.4 Å². The molecule has 0 saturated heterocycles. The first kappa shape index (κ1) is 7.79. The molecule has 0 aliphatic rings. The molecule has 0 saturated carbocycles. The number of hydrogen-bond acceptors (Lipinski definition) is 3. The summed E-state index contributed by atoms with van der Waals surface area (Å²) in [5.74, 6) is 0.0985. The molecule has 68 valence electrons. The summed E-state index contributed by atoms with van der Waals surface area (Å²) in [7, 11) is 1.57. The van der Waals surface area contributed by atoms with Crippen molar-refractivity contribution in [1.82, 2.24) is 4.73 Å². The third kappa shape index (κ3) is 1.07. The van der Waals surface area contributed by atoms with E-state index < -0.39 is 0 Å². The summed E-state index contributed by atoms with van der Waals surface area (Å²) in [5, 5.41) is 10.2.